The van der Waals surface area contributed by atoms with Crippen LogP contribution in [0, 0.1) is 22.7 Å². The van der Waals surface area contributed by atoms with E-state index >= 15 is 0 Å². The highest BCUT2D eigenvalue weighted by atomic mass is 16.6. The van der Waals surface area contributed by atoms with Crippen molar-refractivity contribution in [3.63, 3.8) is 0 Å². The van der Waals surface area contributed by atoms with Crippen molar-refractivity contribution >= 4 is 11.9 Å². The van der Waals surface area contributed by atoms with Gasteiger partial charge >= 0.3 is 11.9 Å². The molecule has 0 spiro atoms. The second kappa shape index (κ2) is 4.72. The Morgan fingerprint density at radius 2 is 1.82 bits per heavy atom. The van der Waals surface area contributed by atoms with Crippen LogP contribution in [0.1, 0.15) is 66.7 Å². The average molecular weight is 308 g/mol. The molecule has 0 aromatic rings. The lowest BCUT2D eigenvalue weighted by atomic mass is 9.45. The molecule has 3 aliphatic rings. The molecular formula is C18H28O4. The molecule has 1 saturated heterocycles. The molecule has 0 aromatic heterocycles. The van der Waals surface area contributed by atoms with Crippen molar-refractivity contribution in [3.05, 3.63) is 0 Å². The SMILES string of the molecule is CC(=O)O[C@H]1CC[C@]2(C)[C@H]3CC(=O)O[C@@]3(C)CC[C@H]2C1(C)C. The number of hydrogen-bond acceptors (Lipinski definition) is 4. The smallest absolute Gasteiger partial charge is 0.306 e. The molecule has 1 heterocycles. The third kappa shape index (κ3) is 2.10. The normalized spacial score (nSPS) is 46.4. The first kappa shape index (κ1) is 15.8. The van der Waals surface area contributed by atoms with Crippen molar-refractivity contribution in [1.82, 2.24) is 0 Å². The van der Waals surface area contributed by atoms with E-state index in [0.717, 1.165) is 25.7 Å². The monoisotopic (exact) mass is 308 g/mol. The molecular weight excluding hydrogens is 280 g/mol. The van der Waals surface area contributed by atoms with Crippen LogP contribution in [-0.2, 0) is 19.1 Å². The predicted molar refractivity (Wildman–Crippen MR) is 82.0 cm³/mol. The minimum absolute atomic E-state index is 0.0227. The zero-order valence-corrected chi connectivity index (χ0v) is 14.4. The summed E-state index contributed by atoms with van der Waals surface area (Å²) in [5.41, 5.74) is -0.280. The Morgan fingerprint density at radius 1 is 1.14 bits per heavy atom. The summed E-state index contributed by atoms with van der Waals surface area (Å²) < 4.78 is 11.3. The molecule has 4 nitrogen and oxygen atoms in total. The van der Waals surface area contributed by atoms with Gasteiger partial charge < -0.3 is 9.47 Å². The van der Waals surface area contributed by atoms with Crippen LogP contribution in [0.3, 0.4) is 0 Å². The second-order valence-corrected chi connectivity index (χ2v) is 8.60. The molecule has 0 N–H and O–H groups in total. The van der Waals surface area contributed by atoms with Crippen molar-refractivity contribution in [1.29, 1.82) is 0 Å². The van der Waals surface area contributed by atoms with Gasteiger partial charge in [-0.3, -0.25) is 9.59 Å². The molecule has 0 unspecified atom stereocenters. The van der Waals surface area contributed by atoms with Gasteiger partial charge in [-0.05, 0) is 43.9 Å². The highest BCUT2D eigenvalue weighted by Gasteiger charge is 2.64. The quantitative estimate of drug-likeness (QED) is 0.696. The second-order valence-electron chi connectivity index (χ2n) is 8.60. The van der Waals surface area contributed by atoms with Gasteiger partial charge in [0.05, 0.1) is 6.42 Å². The Morgan fingerprint density at radius 3 is 2.45 bits per heavy atom. The third-order valence-electron chi connectivity index (χ3n) is 6.96. The average Bonchev–Trinajstić information content (AvgIpc) is 2.69. The minimum Gasteiger partial charge on any atom is -0.462 e. The summed E-state index contributed by atoms with van der Waals surface area (Å²) in [4.78, 5) is 23.3. The summed E-state index contributed by atoms with van der Waals surface area (Å²) in [6.45, 7) is 10.4. The lowest BCUT2D eigenvalue weighted by Gasteiger charge is -2.61. The van der Waals surface area contributed by atoms with E-state index in [0.29, 0.717) is 12.3 Å². The van der Waals surface area contributed by atoms with Crippen molar-refractivity contribution < 1.29 is 19.1 Å². The molecule has 2 saturated carbocycles. The summed E-state index contributed by atoms with van der Waals surface area (Å²) in [7, 11) is 0. The largest absolute Gasteiger partial charge is 0.462 e. The molecule has 5 atom stereocenters. The zero-order valence-electron chi connectivity index (χ0n) is 14.4. The molecule has 2 aliphatic carbocycles. The summed E-state index contributed by atoms with van der Waals surface area (Å²) in [5.74, 6) is 0.491. The number of carbonyl (C=O) groups is 2. The minimum atomic E-state index is -0.299. The van der Waals surface area contributed by atoms with Crippen molar-refractivity contribution in [2.75, 3.05) is 0 Å². The van der Waals surface area contributed by atoms with E-state index in [9.17, 15) is 9.59 Å². The van der Waals surface area contributed by atoms with Gasteiger partial charge in [0.15, 0.2) is 0 Å². The first-order valence-electron chi connectivity index (χ1n) is 8.49. The number of fused-ring (bicyclic) bond motifs is 3. The maximum atomic E-state index is 11.9. The lowest BCUT2D eigenvalue weighted by molar-refractivity contribution is -0.196. The Balaban J connectivity index is 1.93. The fraction of sp³-hybridized carbons (Fsp3) is 0.889. The van der Waals surface area contributed by atoms with E-state index in [1.165, 1.54) is 6.92 Å². The summed E-state index contributed by atoms with van der Waals surface area (Å²) in [6.07, 6.45) is 4.33. The van der Waals surface area contributed by atoms with Gasteiger partial charge in [0.25, 0.3) is 0 Å². The topological polar surface area (TPSA) is 52.6 Å². The fourth-order valence-corrected chi connectivity index (χ4v) is 5.93. The Bertz CT molecular complexity index is 511. The molecule has 0 aromatic carbocycles. The van der Waals surface area contributed by atoms with Gasteiger partial charge in [0, 0.05) is 18.3 Å². The molecule has 0 bridgehead atoms. The molecule has 3 fully saturated rings. The number of ether oxygens (including phenoxy) is 2. The van der Waals surface area contributed by atoms with Crippen LogP contribution in [0.5, 0.6) is 0 Å². The van der Waals surface area contributed by atoms with E-state index in [2.05, 4.69) is 27.7 Å². The maximum absolute atomic E-state index is 11.9. The van der Waals surface area contributed by atoms with Crippen LogP contribution in [0.15, 0.2) is 0 Å². The highest BCUT2D eigenvalue weighted by Crippen LogP contribution is 2.65. The van der Waals surface area contributed by atoms with Crippen molar-refractivity contribution in [2.45, 2.75) is 78.4 Å². The zero-order chi connectivity index (χ0) is 16.3. The maximum Gasteiger partial charge on any atom is 0.306 e. The predicted octanol–water partition coefficient (Wildman–Crippen LogP) is 3.48. The summed E-state index contributed by atoms with van der Waals surface area (Å²) in [6, 6.07) is 0. The van der Waals surface area contributed by atoms with Gasteiger partial charge in [-0.15, -0.1) is 0 Å². The van der Waals surface area contributed by atoms with Crippen LogP contribution in [-0.4, -0.2) is 23.6 Å². The van der Waals surface area contributed by atoms with E-state index in [-0.39, 0.29) is 40.4 Å². The van der Waals surface area contributed by atoms with Crippen LogP contribution >= 0.6 is 0 Å². The van der Waals surface area contributed by atoms with Gasteiger partial charge in [0.1, 0.15) is 11.7 Å². The summed E-state index contributed by atoms with van der Waals surface area (Å²) >= 11 is 0. The third-order valence-corrected chi connectivity index (χ3v) is 6.96. The Labute approximate surface area is 132 Å². The van der Waals surface area contributed by atoms with Crippen LogP contribution < -0.4 is 0 Å². The number of carbonyl (C=O) groups excluding carboxylic acids is 2. The molecule has 22 heavy (non-hydrogen) atoms. The van der Waals surface area contributed by atoms with Crippen molar-refractivity contribution in [3.8, 4) is 0 Å². The van der Waals surface area contributed by atoms with Crippen LogP contribution in [0.25, 0.3) is 0 Å². The lowest BCUT2D eigenvalue weighted by Crippen LogP contribution is -2.59. The van der Waals surface area contributed by atoms with Crippen LogP contribution in [0.4, 0.5) is 0 Å². The summed E-state index contributed by atoms with van der Waals surface area (Å²) in [5, 5.41) is 0. The van der Waals surface area contributed by atoms with Crippen molar-refractivity contribution in [2.24, 2.45) is 22.7 Å². The van der Waals surface area contributed by atoms with Gasteiger partial charge in [-0.1, -0.05) is 20.8 Å². The number of rotatable bonds is 1. The fourth-order valence-electron chi connectivity index (χ4n) is 5.93. The van der Waals surface area contributed by atoms with Gasteiger partial charge in [-0.2, -0.15) is 0 Å². The molecule has 3 rings (SSSR count). The standard InChI is InChI=1S/C18H28O4/c1-11(19)21-14-7-8-17(4)12(16(14,2)3)6-9-18(5)13(17)10-15(20)22-18/h12-14H,6-10H2,1-5H3/t12-,13+,14-,17-,18-/m0/s1. The number of esters is 2. The Hall–Kier alpha value is -1.06. The van der Waals surface area contributed by atoms with Gasteiger partial charge in [-0.25, -0.2) is 0 Å². The molecule has 1 aliphatic heterocycles. The molecule has 0 amide bonds. The molecule has 0 radical (unpaired) electrons. The van der Waals surface area contributed by atoms with Crippen LogP contribution in [0.2, 0.25) is 0 Å². The first-order chi connectivity index (χ1) is 10.1. The van der Waals surface area contributed by atoms with Gasteiger partial charge in [0.2, 0.25) is 0 Å². The molecule has 4 heteroatoms. The highest BCUT2D eigenvalue weighted by molar-refractivity contribution is 5.73. The first-order valence-corrected chi connectivity index (χ1v) is 8.49. The van der Waals surface area contributed by atoms with E-state index < -0.39 is 0 Å². The number of hydrogen-bond donors (Lipinski definition) is 0. The van der Waals surface area contributed by atoms with E-state index in [1.807, 2.05) is 0 Å². The van der Waals surface area contributed by atoms with E-state index in [4.69, 9.17) is 9.47 Å². The van der Waals surface area contributed by atoms with E-state index in [1.54, 1.807) is 0 Å². The Kier molecular flexibility index (Phi) is 3.39. The molecule has 124 valence electrons.